The van der Waals surface area contributed by atoms with Crippen LogP contribution in [-0.4, -0.2) is 6.54 Å². The van der Waals surface area contributed by atoms with Crippen molar-refractivity contribution in [2.75, 3.05) is 6.54 Å². The first kappa shape index (κ1) is 11.0. The minimum Gasteiger partial charge on any atom is -0.310 e. The number of hydrogen-bond acceptors (Lipinski definition) is 1. The lowest BCUT2D eigenvalue weighted by atomic mass is 10.0. The molecule has 0 saturated carbocycles. The molecule has 0 aliphatic rings. The van der Waals surface area contributed by atoms with Crippen molar-refractivity contribution < 1.29 is 0 Å². The normalized spacial score (nSPS) is 12.4. The van der Waals surface area contributed by atoms with E-state index in [9.17, 15) is 0 Å². The Balaban J connectivity index is 2.77. The highest BCUT2D eigenvalue weighted by Crippen LogP contribution is 2.18. The molecule has 0 spiro atoms. The molecule has 0 radical (unpaired) electrons. The average molecular weight is 189 g/mol. The lowest BCUT2D eigenvalue weighted by Crippen LogP contribution is -2.19. The lowest BCUT2D eigenvalue weighted by Gasteiger charge is -2.15. The number of rotatable bonds is 5. The first-order valence-electron chi connectivity index (χ1n) is 5.24. The standard InChI is InChI=1S/C13H19N/c1-4-10-14-11(3)13-9-7-6-8-12(13)5-2/h5-9,11,14H,2,4,10H2,1,3H3. The summed E-state index contributed by atoms with van der Waals surface area (Å²) in [6.45, 7) is 9.26. The molecule has 1 unspecified atom stereocenters. The lowest BCUT2D eigenvalue weighted by molar-refractivity contribution is 0.570. The van der Waals surface area contributed by atoms with Crippen LogP contribution in [0.2, 0.25) is 0 Å². The molecule has 0 bridgehead atoms. The quantitative estimate of drug-likeness (QED) is 0.748. The smallest absolute Gasteiger partial charge is 0.0297 e. The van der Waals surface area contributed by atoms with E-state index in [-0.39, 0.29) is 0 Å². The highest BCUT2D eigenvalue weighted by atomic mass is 14.9. The van der Waals surface area contributed by atoms with Crippen LogP contribution in [0, 0.1) is 0 Å². The van der Waals surface area contributed by atoms with Crippen LogP contribution >= 0.6 is 0 Å². The highest BCUT2D eigenvalue weighted by molar-refractivity contribution is 5.52. The Kier molecular flexibility index (Phi) is 4.41. The van der Waals surface area contributed by atoms with Gasteiger partial charge in [-0.05, 0) is 31.0 Å². The van der Waals surface area contributed by atoms with E-state index in [4.69, 9.17) is 0 Å². The molecular weight excluding hydrogens is 170 g/mol. The molecule has 1 rings (SSSR count). The summed E-state index contributed by atoms with van der Waals surface area (Å²) < 4.78 is 0. The maximum absolute atomic E-state index is 3.83. The molecule has 0 heterocycles. The first-order chi connectivity index (χ1) is 6.79. The molecule has 0 aliphatic carbocycles. The number of nitrogens with one attached hydrogen (secondary N) is 1. The zero-order valence-electron chi connectivity index (χ0n) is 9.09. The minimum atomic E-state index is 0.407. The largest absolute Gasteiger partial charge is 0.310 e. The third kappa shape index (κ3) is 2.71. The van der Waals surface area contributed by atoms with Gasteiger partial charge < -0.3 is 5.32 Å². The van der Waals surface area contributed by atoms with Crippen molar-refractivity contribution in [3.63, 3.8) is 0 Å². The Morgan fingerprint density at radius 1 is 1.43 bits per heavy atom. The van der Waals surface area contributed by atoms with E-state index >= 15 is 0 Å². The Hall–Kier alpha value is -1.08. The van der Waals surface area contributed by atoms with E-state index in [1.165, 1.54) is 17.5 Å². The van der Waals surface area contributed by atoms with Crippen LogP contribution in [0.25, 0.3) is 6.08 Å². The van der Waals surface area contributed by atoms with E-state index in [0.29, 0.717) is 6.04 Å². The summed E-state index contributed by atoms with van der Waals surface area (Å²) in [6, 6.07) is 8.79. The molecule has 0 fully saturated rings. The summed E-state index contributed by atoms with van der Waals surface area (Å²) in [5, 5.41) is 3.48. The minimum absolute atomic E-state index is 0.407. The van der Waals surface area contributed by atoms with Crippen LogP contribution in [0.4, 0.5) is 0 Å². The molecule has 1 heteroatoms. The molecule has 0 amide bonds. The predicted octanol–water partition coefficient (Wildman–Crippen LogP) is 3.39. The Bertz CT molecular complexity index is 291. The first-order valence-corrected chi connectivity index (χ1v) is 5.24. The third-order valence-corrected chi connectivity index (χ3v) is 2.38. The van der Waals surface area contributed by atoms with Crippen molar-refractivity contribution in [1.82, 2.24) is 5.32 Å². The molecule has 1 aromatic rings. The van der Waals surface area contributed by atoms with Gasteiger partial charge in [-0.15, -0.1) is 0 Å². The summed E-state index contributed by atoms with van der Waals surface area (Å²) in [5.74, 6) is 0. The number of hydrogen-bond donors (Lipinski definition) is 1. The second-order valence-electron chi connectivity index (χ2n) is 3.51. The van der Waals surface area contributed by atoms with E-state index < -0.39 is 0 Å². The monoisotopic (exact) mass is 189 g/mol. The van der Waals surface area contributed by atoms with Crippen molar-refractivity contribution in [3.8, 4) is 0 Å². The van der Waals surface area contributed by atoms with Crippen LogP contribution in [0.15, 0.2) is 30.8 Å². The van der Waals surface area contributed by atoms with Gasteiger partial charge in [0.1, 0.15) is 0 Å². The zero-order chi connectivity index (χ0) is 10.4. The van der Waals surface area contributed by atoms with Gasteiger partial charge in [0.15, 0.2) is 0 Å². The van der Waals surface area contributed by atoms with Crippen LogP contribution in [0.1, 0.15) is 37.4 Å². The maximum Gasteiger partial charge on any atom is 0.0297 e. The van der Waals surface area contributed by atoms with Gasteiger partial charge in [0.25, 0.3) is 0 Å². The third-order valence-electron chi connectivity index (χ3n) is 2.38. The topological polar surface area (TPSA) is 12.0 Å². The molecule has 14 heavy (non-hydrogen) atoms. The molecule has 76 valence electrons. The van der Waals surface area contributed by atoms with Gasteiger partial charge in [-0.1, -0.05) is 43.8 Å². The van der Waals surface area contributed by atoms with Gasteiger partial charge in [-0.25, -0.2) is 0 Å². The van der Waals surface area contributed by atoms with Gasteiger partial charge in [0.2, 0.25) is 0 Å². The molecule has 0 aliphatic heterocycles. The van der Waals surface area contributed by atoms with Gasteiger partial charge >= 0.3 is 0 Å². The molecule has 1 atom stereocenters. The summed E-state index contributed by atoms with van der Waals surface area (Å²) in [4.78, 5) is 0. The summed E-state index contributed by atoms with van der Waals surface area (Å²) in [7, 11) is 0. The van der Waals surface area contributed by atoms with Gasteiger partial charge in [-0.3, -0.25) is 0 Å². The maximum atomic E-state index is 3.83. The predicted molar refractivity (Wildman–Crippen MR) is 63.2 cm³/mol. The Morgan fingerprint density at radius 2 is 2.14 bits per heavy atom. The van der Waals surface area contributed by atoms with E-state index in [2.05, 4.69) is 43.9 Å². The fraction of sp³-hybridized carbons (Fsp3) is 0.385. The van der Waals surface area contributed by atoms with Crippen LogP contribution in [0.5, 0.6) is 0 Å². The molecule has 0 aromatic heterocycles. The molecule has 1 N–H and O–H groups in total. The Labute approximate surface area is 86.8 Å². The molecule has 1 nitrogen and oxygen atoms in total. The van der Waals surface area contributed by atoms with Crippen LogP contribution in [-0.2, 0) is 0 Å². The summed E-state index contributed by atoms with van der Waals surface area (Å²) in [6.07, 6.45) is 3.08. The Morgan fingerprint density at radius 3 is 2.79 bits per heavy atom. The van der Waals surface area contributed by atoms with E-state index in [1.54, 1.807) is 0 Å². The van der Waals surface area contributed by atoms with E-state index in [1.807, 2.05) is 12.1 Å². The second kappa shape index (κ2) is 5.61. The van der Waals surface area contributed by atoms with Gasteiger partial charge in [0, 0.05) is 6.04 Å². The van der Waals surface area contributed by atoms with Gasteiger partial charge in [-0.2, -0.15) is 0 Å². The van der Waals surface area contributed by atoms with Crippen LogP contribution < -0.4 is 5.32 Å². The molecule has 0 saturated heterocycles. The number of benzene rings is 1. The van der Waals surface area contributed by atoms with Crippen molar-refractivity contribution in [2.24, 2.45) is 0 Å². The highest BCUT2D eigenvalue weighted by Gasteiger charge is 2.06. The zero-order valence-corrected chi connectivity index (χ0v) is 9.09. The van der Waals surface area contributed by atoms with Crippen molar-refractivity contribution in [1.29, 1.82) is 0 Å². The van der Waals surface area contributed by atoms with Crippen LogP contribution in [0.3, 0.4) is 0 Å². The van der Waals surface area contributed by atoms with Crippen molar-refractivity contribution >= 4 is 6.08 Å². The van der Waals surface area contributed by atoms with Gasteiger partial charge in [0.05, 0.1) is 0 Å². The molecule has 1 aromatic carbocycles. The fourth-order valence-corrected chi connectivity index (χ4v) is 1.56. The fourth-order valence-electron chi connectivity index (χ4n) is 1.56. The molecular formula is C13H19N. The SMILES string of the molecule is C=Cc1ccccc1C(C)NCCC. The average Bonchev–Trinajstić information content (AvgIpc) is 2.25. The second-order valence-corrected chi connectivity index (χ2v) is 3.51. The summed E-state index contributed by atoms with van der Waals surface area (Å²) in [5.41, 5.74) is 2.56. The van der Waals surface area contributed by atoms with E-state index in [0.717, 1.165) is 6.54 Å². The van der Waals surface area contributed by atoms with Crippen molar-refractivity contribution in [3.05, 3.63) is 42.0 Å². The summed E-state index contributed by atoms with van der Waals surface area (Å²) >= 11 is 0. The van der Waals surface area contributed by atoms with Crippen molar-refractivity contribution in [2.45, 2.75) is 26.3 Å².